The third kappa shape index (κ3) is 3.51. The summed E-state index contributed by atoms with van der Waals surface area (Å²) in [5.41, 5.74) is 0. The van der Waals surface area contributed by atoms with Crippen molar-refractivity contribution < 1.29 is 13.9 Å². The Kier molecular flexibility index (Phi) is 4.09. The maximum absolute atomic E-state index is 13.0. The number of rotatable bonds is 4. The highest BCUT2D eigenvalue weighted by Gasteiger charge is 2.08. The van der Waals surface area contributed by atoms with Crippen molar-refractivity contribution in [1.29, 1.82) is 0 Å². The van der Waals surface area contributed by atoms with Gasteiger partial charge in [0.1, 0.15) is 18.2 Å². The first-order valence-electron chi connectivity index (χ1n) is 4.61. The molecule has 0 aliphatic rings. The smallest absolute Gasteiger partial charge is 0.172 e. The van der Waals surface area contributed by atoms with Crippen molar-refractivity contribution in [3.8, 4) is 5.75 Å². The number of benzene rings is 1. The maximum atomic E-state index is 13.0. The van der Waals surface area contributed by atoms with Gasteiger partial charge in [0.05, 0.1) is 5.02 Å². The molecule has 0 atom stereocenters. The van der Waals surface area contributed by atoms with E-state index in [1.165, 1.54) is 12.1 Å². The third-order valence-corrected chi connectivity index (χ3v) is 2.22. The van der Waals surface area contributed by atoms with Gasteiger partial charge in [-0.2, -0.15) is 0 Å². The van der Waals surface area contributed by atoms with Crippen LogP contribution < -0.4 is 4.74 Å². The van der Waals surface area contributed by atoms with Crippen molar-refractivity contribution in [2.24, 2.45) is 5.92 Å². The second kappa shape index (κ2) is 5.12. The zero-order chi connectivity index (χ0) is 11.4. The van der Waals surface area contributed by atoms with E-state index in [1.807, 2.05) is 0 Å². The van der Waals surface area contributed by atoms with E-state index < -0.39 is 5.82 Å². The number of carbonyl (C=O) groups excluding carboxylic acids is 1. The predicted octanol–water partition coefficient (Wildman–Crippen LogP) is 3.08. The fraction of sp³-hybridized carbons (Fsp3) is 0.364. The van der Waals surface area contributed by atoms with E-state index in [1.54, 1.807) is 13.8 Å². The minimum Gasteiger partial charge on any atom is -0.486 e. The zero-order valence-corrected chi connectivity index (χ0v) is 9.34. The first-order valence-corrected chi connectivity index (χ1v) is 4.99. The molecular formula is C11H12ClFO2. The SMILES string of the molecule is CC(C)C(=O)COc1ccc(Cl)c(F)c1. The summed E-state index contributed by atoms with van der Waals surface area (Å²) < 4.78 is 18.1. The minimum atomic E-state index is -0.550. The Labute approximate surface area is 93.0 Å². The van der Waals surface area contributed by atoms with Crippen molar-refractivity contribution in [3.63, 3.8) is 0 Å². The summed E-state index contributed by atoms with van der Waals surface area (Å²) in [5.74, 6) is -0.343. The average Bonchev–Trinajstić information content (AvgIpc) is 2.19. The molecule has 0 radical (unpaired) electrons. The van der Waals surface area contributed by atoms with E-state index in [2.05, 4.69) is 0 Å². The van der Waals surface area contributed by atoms with Crippen LogP contribution in [0.1, 0.15) is 13.8 Å². The molecule has 4 heteroatoms. The molecule has 0 saturated heterocycles. The molecular weight excluding hydrogens is 219 g/mol. The molecule has 1 aromatic carbocycles. The lowest BCUT2D eigenvalue weighted by Gasteiger charge is -2.07. The maximum Gasteiger partial charge on any atom is 0.172 e. The van der Waals surface area contributed by atoms with Crippen molar-refractivity contribution in [2.75, 3.05) is 6.61 Å². The van der Waals surface area contributed by atoms with Crippen LogP contribution in [0.5, 0.6) is 5.75 Å². The van der Waals surface area contributed by atoms with Gasteiger partial charge in [-0.3, -0.25) is 4.79 Å². The summed E-state index contributed by atoms with van der Waals surface area (Å²) in [6.07, 6.45) is 0. The lowest BCUT2D eigenvalue weighted by molar-refractivity contribution is -0.123. The van der Waals surface area contributed by atoms with Crippen LogP contribution >= 0.6 is 11.6 Å². The Morgan fingerprint density at radius 1 is 1.53 bits per heavy atom. The number of halogens is 2. The molecule has 0 bridgehead atoms. The van der Waals surface area contributed by atoms with E-state index in [4.69, 9.17) is 16.3 Å². The molecule has 0 aromatic heterocycles. The molecule has 0 aliphatic heterocycles. The van der Waals surface area contributed by atoms with Gasteiger partial charge in [-0.15, -0.1) is 0 Å². The quantitative estimate of drug-likeness (QED) is 0.795. The Hall–Kier alpha value is -1.09. The van der Waals surface area contributed by atoms with E-state index in [0.717, 1.165) is 6.07 Å². The molecule has 0 N–H and O–H groups in total. The second-order valence-electron chi connectivity index (χ2n) is 3.49. The summed E-state index contributed by atoms with van der Waals surface area (Å²) >= 11 is 5.50. The third-order valence-electron chi connectivity index (χ3n) is 1.92. The van der Waals surface area contributed by atoms with Crippen LogP contribution in [0.25, 0.3) is 0 Å². The lowest BCUT2D eigenvalue weighted by atomic mass is 10.1. The number of ether oxygens (including phenoxy) is 1. The molecule has 2 nitrogen and oxygen atoms in total. The molecule has 0 spiro atoms. The molecule has 0 fully saturated rings. The van der Waals surface area contributed by atoms with Gasteiger partial charge in [0, 0.05) is 12.0 Å². The van der Waals surface area contributed by atoms with Crippen LogP contribution in [0.15, 0.2) is 18.2 Å². The van der Waals surface area contributed by atoms with E-state index in [-0.39, 0.29) is 23.3 Å². The van der Waals surface area contributed by atoms with Gasteiger partial charge < -0.3 is 4.74 Å². The zero-order valence-electron chi connectivity index (χ0n) is 8.59. The van der Waals surface area contributed by atoms with E-state index in [0.29, 0.717) is 5.75 Å². The van der Waals surface area contributed by atoms with Crippen LogP contribution in [0.2, 0.25) is 5.02 Å². The van der Waals surface area contributed by atoms with Gasteiger partial charge in [-0.05, 0) is 12.1 Å². The molecule has 82 valence electrons. The molecule has 0 unspecified atom stereocenters. The molecule has 15 heavy (non-hydrogen) atoms. The standard InChI is InChI=1S/C11H12ClFO2/c1-7(2)11(14)6-15-8-3-4-9(12)10(13)5-8/h3-5,7H,6H2,1-2H3. The van der Waals surface area contributed by atoms with Crippen LogP contribution in [-0.2, 0) is 4.79 Å². The number of Topliss-reactive ketones (excluding diaryl/α,β-unsaturated/α-hetero) is 1. The highest BCUT2D eigenvalue weighted by atomic mass is 35.5. The molecule has 1 aromatic rings. The molecule has 0 aliphatic carbocycles. The summed E-state index contributed by atoms with van der Waals surface area (Å²) in [7, 11) is 0. The highest BCUT2D eigenvalue weighted by molar-refractivity contribution is 6.30. The van der Waals surface area contributed by atoms with Gasteiger partial charge in [-0.1, -0.05) is 25.4 Å². The van der Waals surface area contributed by atoms with E-state index in [9.17, 15) is 9.18 Å². The predicted molar refractivity (Wildman–Crippen MR) is 56.8 cm³/mol. The van der Waals surface area contributed by atoms with Crippen LogP contribution in [0, 0.1) is 11.7 Å². The molecule has 0 heterocycles. The van der Waals surface area contributed by atoms with Crippen molar-refractivity contribution >= 4 is 17.4 Å². The largest absolute Gasteiger partial charge is 0.486 e. The average molecular weight is 231 g/mol. The summed E-state index contributed by atoms with van der Waals surface area (Å²) in [5, 5.41) is 0.0394. The first kappa shape index (κ1) is 12.0. The second-order valence-corrected chi connectivity index (χ2v) is 3.89. The highest BCUT2D eigenvalue weighted by Crippen LogP contribution is 2.20. The fourth-order valence-corrected chi connectivity index (χ4v) is 1.01. The summed E-state index contributed by atoms with van der Waals surface area (Å²) in [6.45, 7) is 3.53. The van der Waals surface area contributed by atoms with E-state index >= 15 is 0 Å². The summed E-state index contributed by atoms with van der Waals surface area (Å²) in [6, 6.07) is 4.08. The molecule has 1 rings (SSSR count). The van der Waals surface area contributed by atoms with Gasteiger partial charge in [0.2, 0.25) is 0 Å². The Balaban J connectivity index is 2.58. The number of hydrogen-bond donors (Lipinski definition) is 0. The van der Waals surface area contributed by atoms with Gasteiger partial charge >= 0.3 is 0 Å². The van der Waals surface area contributed by atoms with Crippen LogP contribution in [0.3, 0.4) is 0 Å². The molecule has 0 amide bonds. The Morgan fingerprint density at radius 2 is 2.20 bits per heavy atom. The molecule has 0 saturated carbocycles. The monoisotopic (exact) mass is 230 g/mol. The summed E-state index contributed by atoms with van der Waals surface area (Å²) in [4.78, 5) is 11.2. The minimum absolute atomic E-state index is 0.0228. The van der Waals surface area contributed by atoms with Crippen molar-refractivity contribution in [1.82, 2.24) is 0 Å². The number of ketones is 1. The van der Waals surface area contributed by atoms with Crippen molar-refractivity contribution in [3.05, 3.63) is 29.0 Å². The Morgan fingerprint density at radius 3 is 2.73 bits per heavy atom. The van der Waals surface area contributed by atoms with Gasteiger partial charge in [0.15, 0.2) is 5.78 Å². The Bertz CT molecular complexity index is 364. The van der Waals surface area contributed by atoms with Crippen LogP contribution in [0.4, 0.5) is 4.39 Å². The fourth-order valence-electron chi connectivity index (χ4n) is 0.888. The lowest BCUT2D eigenvalue weighted by Crippen LogP contribution is -2.16. The number of hydrogen-bond acceptors (Lipinski definition) is 2. The topological polar surface area (TPSA) is 26.3 Å². The van der Waals surface area contributed by atoms with Crippen molar-refractivity contribution in [2.45, 2.75) is 13.8 Å². The number of carbonyl (C=O) groups is 1. The first-order chi connectivity index (χ1) is 7.00. The van der Waals surface area contributed by atoms with Gasteiger partial charge in [-0.25, -0.2) is 4.39 Å². The normalized spacial score (nSPS) is 10.5. The van der Waals surface area contributed by atoms with Gasteiger partial charge in [0.25, 0.3) is 0 Å². The van der Waals surface area contributed by atoms with Crippen LogP contribution in [-0.4, -0.2) is 12.4 Å².